The number of nitrogens with one attached hydrogen (secondary N) is 1. The van der Waals surface area contributed by atoms with E-state index in [2.05, 4.69) is 10.4 Å². The number of hydrazine groups is 1. The van der Waals surface area contributed by atoms with Gasteiger partial charge in [-0.1, -0.05) is 30.1 Å². The fourth-order valence-electron chi connectivity index (χ4n) is 1.13. The first-order valence-corrected chi connectivity index (χ1v) is 5.40. The Morgan fingerprint density at radius 3 is 2.40 bits per heavy atom. The second-order valence-electron chi connectivity index (χ2n) is 3.03. The highest BCUT2D eigenvalue weighted by Gasteiger charge is 2.03. The van der Waals surface area contributed by atoms with E-state index in [9.17, 15) is 0 Å². The molecule has 0 fully saturated rings. The molecule has 1 aromatic rings. The normalized spacial score (nSPS) is 11.6. The molecule has 0 aromatic heterocycles. The van der Waals surface area contributed by atoms with Crippen LogP contribution in [0.1, 0.15) is 18.9 Å². The first kappa shape index (κ1) is 12.3. The predicted octanol–water partition coefficient (Wildman–Crippen LogP) is 2.61. The lowest BCUT2D eigenvalue weighted by atomic mass is 10.2. The van der Waals surface area contributed by atoms with Crippen molar-refractivity contribution in [1.82, 2.24) is 5.43 Å². The number of hydrogen-bond donors (Lipinski definition) is 2. The van der Waals surface area contributed by atoms with E-state index in [4.69, 9.17) is 29.0 Å². The smallest absolute Gasteiger partial charge is 0.142 e. The zero-order valence-electron chi connectivity index (χ0n) is 8.43. The van der Waals surface area contributed by atoms with Crippen LogP contribution in [0.3, 0.4) is 0 Å². The first-order chi connectivity index (χ1) is 7.17. The van der Waals surface area contributed by atoms with Gasteiger partial charge in [-0.25, -0.2) is 5.84 Å². The lowest BCUT2D eigenvalue weighted by molar-refractivity contribution is 0.907. The third kappa shape index (κ3) is 3.70. The molecule has 0 aliphatic heterocycles. The molecule has 0 spiro atoms. The van der Waals surface area contributed by atoms with Crippen LogP contribution in [0.15, 0.2) is 23.2 Å². The minimum atomic E-state index is 0.567. The maximum absolute atomic E-state index is 5.88. The Hall–Kier alpha value is -0.770. The van der Waals surface area contributed by atoms with Crippen molar-refractivity contribution in [3.05, 3.63) is 33.8 Å². The minimum Gasteiger partial charge on any atom is -0.308 e. The van der Waals surface area contributed by atoms with Crippen LogP contribution in [0, 0.1) is 0 Å². The predicted molar refractivity (Wildman–Crippen MR) is 65.5 cm³/mol. The van der Waals surface area contributed by atoms with Gasteiger partial charge in [0.05, 0.1) is 0 Å². The van der Waals surface area contributed by atoms with Crippen LogP contribution in [-0.2, 0) is 0 Å². The molecule has 15 heavy (non-hydrogen) atoms. The van der Waals surface area contributed by atoms with Gasteiger partial charge in [0.25, 0.3) is 0 Å². The molecule has 0 saturated heterocycles. The molecule has 0 radical (unpaired) electrons. The van der Waals surface area contributed by atoms with Gasteiger partial charge in [0.2, 0.25) is 0 Å². The van der Waals surface area contributed by atoms with Crippen molar-refractivity contribution in [1.29, 1.82) is 0 Å². The summed E-state index contributed by atoms with van der Waals surface area (Å²) in [4.78, 5) is 4.28. The molecular formula is C10H13Cl2N3. The van der Waals surface area contributed by atoms with E-state index in [0.29, 0.717) is 22.4 Å². The van der Waals surface area contributed by atoms with Gasteiger partial charge in [-0.2, -0.15) is 0 Å². The molecule has 0 aliphatic carbocycles. The standard InChI is InChI=1S/C10H13Cl2N3/c1-2-3-14-10(15-13)7-4-8(11)6-9(12)5-7/h4-6H,2-3,13H2,1H3,(H,14,15). The van der Waals surface area contributed by atoms with Crippen LogP contribution in [0.4, 0.5) is 0 Å². The number of rotatable bonds is 3. The topological polar surface area (TPSA) is 50.4 Å². The lowest BCUT2D eigenvalue weighted by Crippen LogP contribution is -2.31. The minimum absolute atomic E-state index is 0.567. The van der Waals surface area contributed by atoms with Crippen LogP contribution in [0.5, 0.6) is 0 Å². The molecule has 0 saturated carbocycles. The van der Waals surface area contributed by atoms with Crippen molar-refractivity contribution >= 4 is 29.0 Å². The maximum Gasteiger partial charge on any atom is 0.142 e. The van der Waals surface area contributed by atoms with E-state index in [0.717, 1.165) is 12.0 Å². The van der Waals surface area contributed by atoms with E-state index in [1.807, 2.05) is 6.92 Å². The van der Waals surface area contributed by atoms with Gasteiger partial charge >= 0.3 is 0 Å². The molecule has 0 unspecified atom stereocenters. The molecule has 82 valence electrons. The van der Waals surface area contributed by atoms with Gasteiger partial charge < -0.3 is 5.43 Å². The summed E-state index contributed by atoms with van der Waals surface area (Å²) in [6, 6.07) is 5.20. The zero-order chi connectivity index (χ0) is 11.3. The summed E-state index contributed by atoms with van der Waals surface area (Å²) in [6.07, 6.45) is 0.958. The largest absolute Gasteiger partial charge is 0.308 e. The van der Waals surface area contributed by atoms with Crippen molar-refractivity contribution < 1.29 is 0 Å². The van der Waals surface area contributed by atoms with E-state index in [1.54, 1.807) is 18.2 Å². The van der Waals surface area contributed by atoms with Gasteiger partial charge in [-0.3, -0.25) is 4.99 Å². The fraction of sp³-hybridized carbons (Fsp3) is 0.300. The highest BCUT2D eigenvalue weighted by molar-refractivity contribution is 6.35. The summed E-state index contributed by atoms with van der Waals surface area (Å²) in [7, 11) is 0. The monoisotopic (exact) mass is 245 g/mol. The second kappa shape index (κ2) is 5.95. The molecule has 0 amide bonds. The Labute approximate surface area is 99.3 Å². The number of nitrogens with zero attached hydrogens (tertiary/aromatic N) is 1. The Morgan fingerprint density at radius 1 is 1.33 bits per heavy atom. The molecule has 5 heteroatoms. The van der Waals surface area contributed by atoms with E-state index in [1.165, 1.54) is 0 Å². The average molecular weight is 246 g/mol. The van der Waals surface area contributed by atoms with Crippen molar-refractivity contribution in [3.63, 3.8) is 0 Å². The number of halogens is 2. The molecule has 0 aliphatic rings. The van der Waals surface area contributed by atoms with Gasteiger partial charge in [0.1, 0.15) is 5.84 Å². The molecule has 0 atom stereocenters. The highest BCUT2D eigenvalue weighted by atomic mass is 35.5. The van der Waals surface area contributed by atoms with Crippen LogP contribution >= 0.6 is 23.2 Å². The van der Waals surface area contributed by atoms with Crippen molar-refractivity contribution in [2.45, 2.75) is 13.3 Å². The van der Waals surface area contributed by atoms with Crippen molar-refractivity contribution in [2.75, 3.05) is 6.54 Å². The number of amidine groups is 1. The van der Waals surface area contributed by atoms with Gasteiger partial charge in [-0.15, -0.1) is 0 Å². The summed E-state index contributed by atoms with van der Waals surface area (Å²) in [5, 5.41) is 1.13. The van der Waals surface area contributed by atoms with Gasteiger partial charge in [0.15, 0.2) is 0 Å². The molecular weight excluding hydrogens is 233 g/mol. The van der Waals surface area contributed by atoms with Crippen LogP contribution in [0.2, 0.25) is 10.0 Å². The molecule has 0 heterocycles. The third-order valence-electron chi connectivity index (χ3n) is 1.77. The zero-order valence-corrected chi connectivity index (χ0v) is 9.94. The third-order valence-corrected chi connectivity index (χ3v) is 2.20. The van der Waals surface area contributed by atoms with Crippen LogP contribution in [0.25, 0.3) is 0 Å². The second-order valence-corrected chi connectivity index (χ2v) is 3.91. The van der Waals surface area contributed by atoms with Gasteiger partial charge in [0, 0.05) is 22.2 Å². The molecule has 1 aromatic carbocycles. The summed E-state index contributed by atoms with van der Waals surface area (Å²) in [5.41, 5.74) is 3.34. The summed E-state index contributed by atoms with van der Waals surface area (Å²) in [5.74, 6) is 5.98. The molecule has 3 N–H and O–H groups in total. The van der Waals surface area contributed by atoms with Gasteiger partial charge in [-0.05, 0) is 24.6 Å². The Bertz CT molecular complexity index is 343. The molecule has 1 rings (SSSR count). The van der Waals surface area contributed by atoms with Crippen LogP contribution < -0.4 is 11.3 Å². The Balaban J connectivity index is 3.01. The first-order valence-electron chi connectivity index (χ1n) is 4.65. The quantitative estimate of drug-likeness (QED) is 0.373. The van der Waals surface area contributed by atoms with Crippen molar-refractivity contribution in [2.24, 2.45) is 10.8 Å². The van der Waals surface area contributed by atoms with E-state index >= 15 is 0 Å². The fourth-order valence-corrected chi connectivity index (χ4v) is 1.66. The summed E-state index contributed by atoms with van der Waals surface area (Å²) < 4.78 is 0. The Kier molecular flexibility index (Phi) is 4.88. The molecule has 3 nitrogen and oxygen atoms in total. The SMILES string of the molecule is CCCN=C(NN)c1cc(Cl)cc(Cl)c1. The van der Waals surface area contributed by atoms with E-state index in [-0.39, 0.29) is 0 Å². The lowest BCUT2D eigenvalue weighted by Gasteiger charge is -2.06. The number of aliphatic imine (C=N–C) groups is 1. The number of benzene rings is 1. The average Bonchev–Trinajstić information content (AvgIpc) is 2.17. The highest BCUT2D eigenvalue weighted by Crippen LogP contribution is 2.19. The number of nitrogens with two attached hydrogens (primary N) is 1. The van der Waals surface area contributed by atoms with Crippen molar-refractivity contribution in [3.8, 4) is 0 Å². The maximum atomic E-state index is 5.88. The summed E-state index contributed by atoms with van der Waals surface area (Å²) in [6.45, 7) is 2.76. The van der Waals surface area contributed by atoms with Crippen LogP contribution in [-0.4, -0.2) is 12.4 Å². The van der Waals surface area contributed by atoms with E-state index < -0.39 is 0 Å². The number of hydrogen-bond acceptors (Lipinski definition) is 2. The Morgan fingerprint density at radius 2 is 1.93 bits per heavy atom. The summed E-state index contributed by atoms with van der Waals surface area (Å²) >= 11 is 11.8. The molecule has 0 bridgehead atoms.